The quantitative estimate of drug-likeness (QED) is 0.0256. The van der Waals surface area contributed by atoms with Gasteiger partial charge in [0.15, 0.2) is 5.75 Å². The van der Waals surface area contributed by atoms with Crippen molar-refractivity contribution in [2.45, 2.75) is 91.0 Å². The molecular weight excluding hydrogens is 977 g/mol. The highest BCUT2D eigenvalue weighted by Crippen LogP contribution is 2.47. The Kier molecular flexibility index (Phi) is 16.8. The lowest BCUT2D eigenvalue weighted by Crippen LogP contribution is -2.57. The first-order valence-corrected chi connectivity index (χ1v) is 26.2. The van der Waals surface area contributed by atoms with Crippen LogP contribution in [0.1, 0.15) is 93.0 Å². The summed E-state index contributed by atoms with van der Waals surface area (Å²) in [6, 6.07) is 31.6. The lowest BCUT2D eigenvalue weighted by molar-refractivity contribution is -0.144. The number of ether oxygens (including phenoxy) is 2. The number of aliphatic hydroxyl groups excluding tert-OH is 1. The molecule has 17 heteroatoms. The number of aromatic hydroxyl groups is 2. The van der Waals surface area contributed by atoms with Crippen LogP contribution in [0.5, 0.6) is 28.7 Å². The van der Waals surface area contributed by atoms with Crippen LogP contribution in [0.4, 0.5) is 0 Å². The normalized spacial score (nSPS) is 15.5. The molecule has 1 fully saturated rings. The van der Waals surface area contributed by atoms with Gasteiger partial charge in [-0.15, -0.1) is 22.7 Å². The Morgan fingerprint density at radius 2 is 1.51 bits per heavy atom. The van der Waals surface area contributed by atoms with Crippen molar-refractivity contribution in [1.29, 1.82) is 0 Å². The molecule has 7 aromatic rings. The number of benzene rings is 5. The number of β-amino-alcohol motifs (C(OH)–C–C–N with tert-alkyl or cyclic N) is 1. The number of unbranched alkanes of at least 4 members (excludes halogenated alkanes) is 2. The SMILES string of the molecule is Cc1ncsc1-c1ccc(C(C)NC(=O)C2CC(O)CN2C(=O)C(NC(=O)CCCCCOc2ccc(C=NNC(=O)c3ccc(Oc4c(-c5ccc(O)cc5)sc5cc(O)ccc45)cc3)cc2)C(C)(C)C)cc1. The summed E-state index contributed by atoms with van der Waals surface area (Å²) in [5.41, 5.74) is 8.58. The summed E-state index contributed by atoms with van der Waals surface area (Å²) in [5.74, 6) is 0.625. The number of nitrogens with zero attached hydrogens (tertiary/aromatic N) is 3. The second-order valence-corrected chi connectivity index (χ2v) is 21.3. The minimum Gasteiger partial charge on any atom is -0.508 e. The van der Waals surface area contributed by atoms with Crippen LogP contribution in [0.2, 0.25) is 0 Å². The molecule has 0 bridgehead atoms. The topological polar surface area (TPSA) is 212 Å². The summed E-state index contributed by atoms with van der Waals surface area (Å²) < 4.78 is 13.1. The number of carbonyl (C=O) groups is 4. The minimum absolute atomic E-state index is 0.00391. The third-order valence-electron chi connectivity index (χ3n) is 12.7. The molecule has 3 heterocycles. The van der Waals surface area contributed by atoms with Gasteiger partial charge in [-0.05, 0) is 152 Å². The molecule has 0 spiro atoms. The molecule has 5 aromatic carbocycles. The van der Waals surface area contributed by atoms with Crippen molar-refractivity contribution in [2.75, 3.05) is 13.2 Å². The molecule has 8 rings (SSSR count). The van der Waals surface area contributed by atoms with Crippen molar-refractivity contribution < 1.29 is 44.0 Å². The van der Waals surface area contributed by atoms with E-state index in [2.05, 4.69) is 26.1 Å². The summed E-state index contributed by atoms with van der Waals surface area (Å²) >= 11 is 3.03. The fraction of sp³-hybridized carbons (Fsp3) is 0.298. The van der Waals surface area contributed by atoms with E-state index in [1.807, 2.05) is 88.7 Å². The highest BCUT2D eigenvalue weighted by atomic mass is 32.1. The zero-order valence-electron chi connectivity index (χ0n) is 41.8. The van der Waals surface area contributed by atoms with Crippen molar-refractivity contribution in [3.63, 3.8) is 0 Å². The zero-order chi connectivity index (χ0) is 52.5. The Morgan fingerprint density at radius 1 is 0.838 bits per heavy atom. The fourth-order valence-corrected chi connectivity index (χ4v) is 10.6. The smallest absolute Gasteiger partial charge is 0.271 e. The number of amides is 4. The monoisotopic (exact) mass is 1040 g/mol. The maximum Gasteiger partial charge on any atom is 0.271 e. The van der Waals surface area contributed by atoms with E-state index in [0.717, 1.165) is 47.8 Å². The van der Waals surface area contributed by atoms with Crippen LogP contribution >= 0.6 is 22.7 Å². The molecule has 4 unspecified atom stereocenters. The molecule has 0 radical (unpaired) electrons. The first-order chi connectivity index (χ1) is 35.5. The predicted molar refractivity (Wildman–Crippen MR) is 289 cm³/mol. The number of fused-ring (bicyclic) bond motifs is 1. The van der Waals surface area contributed by atoms with E-state index in [-0.39, 0.29) is 48.7 Å². The maximum atomic E-state index is 14.1. The fourth-order valence-electron chi connectivity index (χ4n) is 8.64. The number of aromatic nitrogens is 1. The van der Waals surface area contributed by atoms with Crippen LogP contribution in [-0.2, 0) is 14.4 Å². The second-order valence-electron chi connectivity index (χ2n) is 19.4. The summed E-state index contributed by atoms with van der Waals surface area (Å²) in [6.45, 7) is 9.88. The molecule has 0 aliphatic carbocycles. The van der Waals surface area contributed by atoms with E-state index in [9.17, 15) is 34.5 Å². The largest absolute Gasteiger partial charge is 0.508 e. The number of aryl methyl sites for hydroxylation is 1. The van der Waals surface area contributed by atoms with E-state index < -0.39 is 35.4 Å². The van der Waals surface area contributed by atoms with E-state index in [4.69, 9.17) is 9.47 Å². The van der Waals surface area contributed by atoms with Gasteiger partial charge in [0, 0.05) is 35.0 Å². The van der Waals surface area contributed by atoms with Gasteiger partial charge in [-0.25, -0.2) is 10.4 Å². The Morgan fingerprint density at radius 3 is 2.20 bits per heavy atom. The molecule has 0 saturated carbocycles. The molecule has 1 aliphatic heterocycles. The molecule has 1 aliphatic rings. The first kappa shape index (κ1) is 52.7. The van der Waals surface area contributed by atoms with Crippen LogP contribution in [0.15, 0.2) is 126 Å². The molecule has 384 valence electrons. The molecule has 4 atom stereocenters. The van der Waals surface area contributed by atoms with Crippen LogP contribution in [0.25, 0.3) is 31.0 Å². The highest BCUT2D eigenvalue weighted by molar-refractivity contribution is 7.22. The van der Waals surface area contributed by atoms with Crippen molar-refractivity contribution in [1.82, 2.24) is 25.9 Å². The van der Waals surface area contributed by atoms with E-state index >= 15 is 0 Å². The third-order valence-corrected chi connectivity index (χ3v) is 14.9. The number of thiazole rings is 1. The lowest BCUT2D eigenvalue weighted by atomic mass is 9.85. The molecule has 15 nitrogen and oxygen atoms in total. The standard InChI is InChI=1S/C57H60N6O9S2/c1-34(37-12-14-38(15-13-37)51-35(2)58-33-73-51)60-55(69)47-29-43(66)32-63(47)56(70)53(57(3,4)5)61-49(67)9-7-6-8-28-71-44-23-10-36(11-24-44)31-59-62-54(68)40-18-25-45(26-19-40)72-50-46-27-22-42(65)30-48(46)74-52(50)39-16-20-41(64)21-17-39/h10-27,30-31,33-34,43,47,53,64-66H,6-9,28-29,32H2,1-5H3,(H,60,69)(H,61,67)(H,62,68). The zero-order valence-corrected chi connectivity index (χ0v) is 43.5. The van der Waals surface area contributed by atoms with Gasteiger partial charge >= 0.3 is 0 Å². The lowest BCUT2D eigenvalue weighted by Gasteiger charge is -2.35. The number of aliphatic hydroxyl groups is 1. The van der Waals surface area contributed by atoms with E-state index in [1.54, 1.807) is 78.1 Å². The third kappa shape index (κ3) is 13.1. The Hall–Kier alpha value is -7.60. The van der Waals surface area contributed by atoms with Gasteiger partial charge in [-0.3, -0.25) is 19.2 Å². The van der Waals surface area contributed by atoms with Gasteiger partial charge in [-0.1, -0.05) is 45.0 Å². The number of rotatable bonds is 19. The number of nitrogens with one attached hydrogen (secondary N) is 3. The molecule has 2 aromatic heterocycles. The number of phenolic OH excluding ortho intramolecular Hbond substituents is 2. The van der Waals surface area contributed by atoms with Crippen LogP contribution in [0.3, 0.4) is 0 Å². The predicted octanol–water partition coefficient (Wildman–Crippen LogP) is 10.3. The van der Waals surface area contributed by atoms with Gasteiger partial charge < -0.3 is 40.3 Å². The highest BCUT2D eigenvalue weighted by Gasteiger charge is 2.44. The molecular formula is C57H60N6O9S2. The average Bonchev–Trinajstić information content (AvgIpc) is 4.11. The number of likely N-dealkylation sites (tertiary alicyclic amines) is 1. The maximum absolute atomic E-state index is 14.1. The number of hydrazone groups is 1. The number of carbonyl (C=O) groups excluding carboxylic acids is 4. The van der Waals surface area contributed by atoms with E-state index in [1.165, 1.54) is 22.5 Å². The van der Waals surface area contributed by atoms with Crippen LogP contribution in [0, 0.1) is 12.3 Å². The van der Waals surface area contributed by atoms with Crippen molar-refractivity contribution in [3.05, 3.63) is 143 Å². The molecule has 6 N–H and O–H groups in total. The average molecular weight is 1040 g/mol. The van der Waals surface area contributed by atoms with Gasteiger partial charge in [-0.2, -0.15) is 5.10 Å². The number of hydrogen-bond acceptors (Lipinski definition) is 13. The summed E-state index contributed by atoms with van der Waals surface area (Å²) in [5, 5.41) is 41.5. The molecule has 4 amide bonds. The van der Waals surface area contributed by atoms with Crippen molar-refractivity contribution in [2.24, 2.45) is 10.5 Å². The number of phenols is 2. The Bertz CT molecular complexity index is 3110. The Balaban J connectivity index is 0.748. The van der Waals surface area contributed by atoms with Gasteiger partial charge in [0.1, 0.15) is 35.1 Å². The Labute approximate surface area is 437 Å². The van der Waals surface area contributed by atoms with Gasteiger partial charge in [0.05, 0.1) is 45.9 Å². The van der Waals surface area contributed by atoms with Crippen LogP contribution in [-0.4, -0.2) is 86.4 Å². The molecule has 1 saturated heterocycles. The van der Waals surface area contributed by atoms with E-state index in [0.29, 0.717) is 48.7 Å². The van der Waals surface area contributed by atoms with Crippen LogP contribution < -0.4 is 25.5 Å². The summed E-state index contributed by atoms with van der Waals surface area (Å²) in [7, 11) is 0. The van der Waals surface area contributed by atoms with Gasteiger partial charge in [0.2, 0.25) is 17.7 Å². The minimum atomic E-state index is -0.909. The second kappa shape index (κ2) is 23.5. The van der Waals surface area contributed by atoms with Crippen molar-refractivity contribution in [3.8, 4) is 49.6 Å². The first-order valence-electron chi connectivity index (χ1n) is 24.5. The van der Waals surface area contributed by atoms with Crippen molar-refractivity contribution >= 4 is 62.6 Å². The number of thiophene rings is 1. The number of hydrogen-bond donors (Lipinski definition) is 6. The van der Waals surface area contributed by atoms with Gasteiger partial charge in [0.25, 0.3) is 5.91 Å². The summed E-state index contributed by atoms with van der Waals surface area (Å²) in [6.07, 6.45) is 2.97. The summed E-state index contributed by atoms with van der Waals surface area (Å²) in [4.78, 5) is 61.6. The molecule has 74 heavy (non-hydrogen) atoms.